The monoisotopic (exact) mass is 641 g/mol. The smallest absolute Gasteiger partial charge is 0.0649 e. The first kappa shape index (κ1) is 36.6. The molecule has 0 aromatic rings. The minimum absolute atomic E-state index is 0.0181. The summed E-state index contributed by atoms with van der Waals surface area (Å²) in [7, 11) is 0. The summed E-state index contributed by atoms with van der Waals surface area (Å²) in [5, 5.41) is 20.7. The van der Waals surface area contributed by atoms with E-state index in [-0.39, 0.29) is 35.7 Å². The van der Waals surface area contributed by atoms with Gasteiger partial charge >= 0.3 is 0 Å². The second-order valence-electron chi connectivity index (χ2n) is 14.3. The standard InChI is InChI=1S/C33H55N9O4/c1-23(8-4-16-43)26-9-10-27-31-28(22-30(33(26,27)3)46-19-7-15-39-42-36)32(2)12-11-25(44-17-5-13-37-40-34)20-24(32)21-29(31)45-18-6-14-38-41-35/h23,25-30,43H,4-22H2,1-3H3/t23-,25-,26-,27+,28+,29-,30+,32+,33-/m1/s1. The summed E-state index contributed by atoms with van der Waals surface area (Å²) in [6.07, 6.45) is 11.3. The van der Waals surface area contributed by atoms with Crippen molar-refractivity contribution in [2.24, 2.45) is 49.8 Å². The Morgan fingerprint density at radius 2 is 1.46 bits per heavy atom. The zero-order valence-electron chi connectivity index (χ0n) is 28.2. The Morgan fingerprint density at radius 1 is 0.826 bits per heavy atom. The quantitative estimate of drug-likeness (QED) is 0.0639. The van der Waals surface area contributed by atoms with E-state index >= 15 is 0 Å². The summed E-state index contributed by atoms with van der Waals surface area (Å²) in [5.74, 6) is 4.80. The molecule has 0 aromatic carbocycles. The SMILES string of the molecule is C[C@H](CCCO)[C@H]1CC[C@H]2[C]3[C@H](OCCCN=[N+]=[N-])C[C]4C[C@H](OCCCN=[N+]=[N-])CC[C@]4(C)[C@H]3C[C@H](OCCCN=[N+]=[N-])[C@]12C. The maximum atomic E-state index is 9.62. The Balaban J connectivity index is 1.61. The lowest BCUT2D eigenvalue weighted by atomic mass is 9.43. The van der Waals surface area contributed by atoms with Crippen LogP contribution in [-0.2, 0) is 14.2 Å². The molecule has 0 bridgehead atoms. The largest absolute Gasteiger partial charge is 0.396 e. The molecule has 4 aliphatic rings. The predicted octanol–water partition coefficient (Wildman–Crippen LogP) is 8.45. The third-order valence-corrected chi connectivity index (χ3v) is 12.0. The Hall–Kier alpha value is -2.23. The van der Waals surface area contributed by atoms with Crippen molar-refractivity contribution in [2.75, 3.05) is 46.1 Å². The average Bonchev–Trinajstić information content (AvgIpc) is 3.41. The first-order chi connectivity index (χ1) is 22.3. The number of aliphatic hydroxyl groups is 1. The molecule has 4 saturated carbocycles. The van der Waals surface area contributed by atoms with Crippen molar-refractivity contribution in [3.8, 4) is 0 Å². The van der Waals surface area contributed by atoms with Crippen LogP contribution in [0.1, 0.15) is 97.8 Å². The fraction of sp³-hybridized carbons (Fsp3) is 0.939. The van der Waals surface area contributed by atoms with Gasteiger partial charge < -0.3 is 19.3 Å². The number of hydrogen-bond donors (Lipinski definition) is 1. The van der Waals surface area contributed by atoms with Gasteiger partial charge in [0, 0.05) is 72.1 Å². The lowest BCUT2D eigenvalue weighted by molar-refractivity contribution is -0.152. The van der Waals surface area contributed by atoms with E-state index in [1.54, 1.807) is 5.92 Å². The van der Waals surface area contributed by atoms with Gasteiger partial charge in [-0.1, -0.05) is 36.1 Å². The third kappa shape index (κ3) is 8.24. The number of fused-ring (bicyclic) bond motifs is 5. The van der Waals surface area contributed by atoms with Crippen LogP contribution in [0.4, 0.5) is 0 Å². The van der Waals surface area contributed by atoms with Crippen LogP contribution in [0.15, 0.2) is 15.3 Å². The molecule has 0 spiro atoms. The van der Waals surface area contributed by atoms with Gasteiger partial charge in [0.05, 0.1) is 18.3 Å². The topological polar surface area (TPSA) is 194 Å². The minimum Gasteiger partial charge on any atom is -0.396 e. The lowest BCUT2D eigenvalue weighted by Gasteiger charge is -2.64. The lowest BCUT2D eigenvalue weighted by Crippen LogP contribution is -2.62. The number of hydrogen-bond acceptors (Lipinski definition) is 7. The first-order valence-electron chi connectivity index (χ1n) is 17.5. The van der Waals surface area contributed by atoms with Gasteiger partial charge in [-0.15, -0.1) is 0 Å². The van der Waals surface area contributed by atoms with Crippen molar-refractivity contribution < 1.29 is 19.3 Å². The Kier molecular flexibility index (Phi) is 14.2. The van der Waals surface area contributed by atoms with Gasteiger partial charge in [-0.25, -0.2) is 0 Å². The molecular weight excluding hydrogens is 586 g/mol. The molecule has 9 atom stereocenters. The molecule has 46 heavy (non-hydrogen) atoms. The van der Waals surface area contributed by atoms with E-state index in [0.717, 1.165) is 64.2 Å². The minimum atomic E-state index is -0.0496. The second-order valence-corrected chi connectivity index (χ2v) is 14.3. The third-order valence-electron chi connectivity index (χ3n) is 12.0. The van der Waals surface area contributed by atoms with Crippen molar-refractivity contribution in [3.63, 3.8) is 0 Å². The summed E-state index contributed by atoms with van der Waals surface area (Å²) in [4.78, 5) is 8.69. The summed E-state index contributed by atoms with van der Waals surface area (Å²) < 4.78 is 20.0. The average molecular weight is 642 g/mol. The van der Waals surface area contributed by atoms with Crippen molar-refractivity contribution in [2.45, 2.75) is 116 Å². The van der Waals surface area contributed by atoms with Crippen molar-refractivity contribution in [1.82, 2.24) is 0 Å². The number of aliphatic hydroxyl groups excluding tert-OH is 1. The second kappa shape index (κ2) is 17.8. The van der Waals surface area contributed by atoms with Crippen molar-refractivity contribution in [1.29, 1.82) is 0 Å². The molecule has 0 unspecified atom stereocenters. The van der Waals surface area contributed by atoms with Crippen LogP contribution in [0.5, 0.6) is 0 Å². The van der Waals surface area contributed by atoms with Crippen LogP contribution < -0.4 is 0 Å². The number of azide groups is 3. The van der Waals surface area contributed by atoms with Gasteiger partial charge in [0.25, 0.3) is 0 Å². The maximum Gasteiger partial charge on any atom is 0.0649 e. The highest BCUT2D eigenvalue weighted by Crippen LogP contribution is 2.70. The molecule has 0 aliphatic heterocycles. The van der Waals surface area contributed by atoms with Gasteiger partial charge in [0.15, 0.2) is 0 Å². The highest BCUT2D eigenvalue weighted by Gasteiger charge is 2.67. The summed E-state index contributed by atoms with van der Waals surface area (Å²) in [6, 6.07) is 0. The Morgan fingerprint density at radius 3 is 2.09 bits per heavy atom. The molecule has 2 radical (unpaired) electrons. The molecular formula is C33H55N9O4. The Bertz CT molecular complexity index is 1110. The van der Waals surface area contributed by atoms with Gasteiger partial charge in [0.2, 0.25) is 0 Å². The molecule has 0 saturated heterocycles. The van der Waals surface area contributed by atoms with E-state index in [1.807, 2.05) is 0 Å². The molecule has 4 rings (SSSR count). The van der Waals surface area contributed by atoms with Crippen LogP contribution in [0, 0.1) is 46.3 Å². The van der Waals surface area contributed by atoms with Gasteiger partial charge in [0.1, 0.15) is 0 Å². The number of nitrogens with zero attached hydrogens (tertiary/aromatic N) is 9. The molecule has 0 aromatic heterocycles. The maximum absolute atomic E-state index is 9.62. The fourth-order valence-corrected chi connectivity index (χ4v) is 9.76. The predicted molar refractivity (Wildman–Crippen MR) is 176 cm³/mol. The van der Waals surface area contributed by atoms with E-state index in [0.29, 0.717) is 76.0 Å². The molecule has 256 valence electrons. The molecule has 4 fully saturated rings. The molecule has 0 amide bonds. The summed E-state index contributed by atoms with van der Waals surface area (Å²) >= 11 is 0. The number of ether oxygens (including phenoxy) is 3. The van der Waals surface area contributed by atoms with Gasteiger partial charge in [-0.05, 0) is 129 Å². The fourth-order valence-electron chi connectivity index (χ4n) is 9.76. The van der Waals surface area contributed by atoms with Gasteiger partial charge in [-0.2, -0.15) is 0 Å². The van der Waals surface area contributed by atoms with E-state index in [2.05, 4.69) is 50.8 Å². The van der Waals surface area contributed by atoms with E-state index in [4.69, 9.17) is 30.8 Å². The summed E-state index contributed by atoms with van der Waals surface area (Å²) in [5.41, 5.74) is 26.1. The van der Waals surface area contributed by atoms with E-state index < -0.39 is 0 Å². The van der Waals surface area contributed by atoms with Crippen molar-refractivity contribution >= 4 is 0 Å². The molecule has 1 N–H and O–H groups in total. The van der Waals surface area contributed by atoms with Crippen LogP contribution in [0.25, 0.3) is 31.3 Å². The van der Waals surface area contributed by atoms with Crippen LogP contribution >= 0.6 is 0 Å². The zero-order valence-corrected chi connectivity index (χ0v) is 28.2. The highest BCUT2D eigenvalue weighted by atomic mass is 16.5. The normalized spacial score (nSPS) is 34.7. The molecule has 4 aliphatic carbocycles. The van der Waals surface area contributed by atoms with Crippen molar-refractivity contribution in [3.05, 3.63) is 43.2 Å². The van der Waals surface area contributed by atoms with E-state index in [1.165, 1.54) is 5.92 Å². The zero-order chi connectivity index (χ0) is 33.0. The first-order valence-corrected chi connectivity index (χ1v) is 17.5. The Labute approximate surface area is 274 Å². The molecule has 0 heterocycles. The highest BCUT2D eigenvalue weighted by molar-refractivity contribution is 5.32. The molecule has 13 heteroatoms. The van der Waals surface area contributed by atoms with Gasteiger partial charge in [-0.3, -0.25) is 0 Å². The number of rotatable bonds is 19. The van der Waals surface area contributed by atoms with Crippen LogP contribution in [0.2, 0.25) is 0 Å². The molecule has 13 nitrogen and oxygen atoms in total. The van der Waals surface area contributed by atoms with Crippen LogP contribution in [-0.4, -0.2) is 69.5 Å². The van der Waals surface area contributed by atoms with E-state index in [9.17, 15) is 5.11 Å². The van der Waals surface area contributed by atoms with Crippen LogP contribution in [0.3, 0.4) is 0 Å². The summed E-state index contributed by atoms with van der Waals surface area (Å²) in [6.45, 7) is 10.6.